The molecule has 0 saturated heterocycles. The van der Waals surface area contributed by atoms with Crippen LogP contribution in [0.25, 0.3) is 0 Å². The highest BCUT2D eigenvalue weighted by Crippen LogP contribution is 2.37. The van der Waals surface area contributed by atoms with Crippen LogP contribution in [-0.4, -0.2) is 17.0 Å². The molecule has 0 bridgehead atoms. The van der Waals surface area contributed by atoms with E-state index in [1.165, 1.54) is 0 Å². The molecule has 2 N–H and O–H groups in total. The first-order chi connectivity index (χ1) is 9.88. The third-order valence-corrected chi connectivity index (χ3v) is 3.64. The fraction of sp³-hybridized carbons (Fsp3) is 0.267. The maximum absolute atomic E-state index is 12.2. The molecule has 3 rings (SSSR count). The number of hydrogen-bond donors (Lipinski definition) is 2. The Kier molecular flexibility index (Phi) is 2.83. The van der Waals surface area contributed by atoms with Crippen LogP contribution in [0.4, 0.5) is 11.5 Å². The summed E-state index contributed by atoms with van der Waals surface area (Å²) in [7, 11) is 0. The van der Waals surface area contributed by atoms with Gasteiger partial charge < -0.3 is 15.2 Å². The van der Waals surface area contributed by atoms with Gasteiger partial charge in [0.15, 0.2) is 5.82 Å². The molecule has 0 saturated carbocycles. The lowest BCUT2D eigenvalue weighted by atomic mass is 9.85. The molecular weight excluding hydrogens is 270 g/mol. The molecule has 0 unspecified atom stereocenters. The number of carbonyl (C=O) groups excluding carboxylic acids is 2. The van der Waals surface area contributed by atoms with Gasteiger partial charge in [-0.05, 0) is 44.5 Å². The normalized spacial score (nSPS) is 15.5. The third-order valence-electron chi connectivity index (χ3n) is 3.64. The van der Waals surface area contributed by atoms with Crippen molar-refractivity contribution in [3.63, 3.8) is 0 Å². The van der Waals surface area contributed by atoms with Crippen LogP contribution in [0.15, 0.2) is 28.8 Å². The Labute approximate surface area is 121 Å². The van der Waals surface area contributed by atoms with E-state index in [9.17, 15) is 9.59 Å². The molecule has 2 heterocycles. The molecule has 0 fully saturated rings. The van der Waals surface area contributed by atoms with Gasteiger partial charge in [0, 0.05) is 17.3 Å². The summed E-state index contributed by atoms with van der Waals surface area (Å²) in [6.45, 7) is 5.41. The molecule has 6 nitrogen and oxygen atoms in total. The van der Waals surface area contributed by atoms with E-state index >= 15 is 0 Å². The maximum Gasteiger partial charge on any atom is 0.256 e. The first-order valence-electron chi connectivity index (χ1n) is 6.58. The van der Waals surface area contributed by atoms with Crippen molar-refractivity contribution in [2.45, 2.75) is 26.2 Å². The molecule has 0 aliphatic carbocycles. The van der Waals surface area contributed by atoms with Crippen LogP contribution < -0.4 is 10.6 Å². The monoisotopic (exact) mass is 285 g/mol. The van der Waals surface area contributed by atoms with Crippen molar-refractivity contribution in [3.8, 4) is 0 Å². The molecule has 0 radical (unpaired) electrons. The number of fused-ring (bicyclic) bond motifs is 1. The number of hydrogen-bond acceptors (Lipinski definition) is 4. The van der Waals surface area contributed by atoms with E-state index < -0.39 is 5.41 Å². The van der Waals surface area contributed by atoms with Crippen LogP contribution >= 0.6 is 0 Å². The number of aryl methyl sites for hydroxylation is 1. The van der Waals surface area contributed by atoms with Crippen molar-refractivity contribution in [1.82, 2.24) is 5.16 Å². The van der Waals surface area contributed by atoms with E-state index in [1.54, 1.807) is 31.2 Å². The minimum Gasteiger partial charge on any atom is -0.360 e. The smallest absolute Gasteiger partial charge is 0.256 e. The molecule has 0 atom stereocenters. The molecular formula is C15H15N3O3. The van der Waals surface area contributed by atoms with Crippen LogP contribution in [-0.2, 0) is 10.2 Å². The summed E-state index contributed by atoms with van der Waals surface area (Å²) in [4.78, 5) is 24.1. The van der Waals surface area contributed by atoms with Crippen molar-refractivity contribution in [3.05, 3.63) is 41.2 Å². The second kappa shape index (κ2) is 4.44. The standard InChI is InChI=1S/C15H15N3O3/c1-8-6-12(18-21-8)17-13(19)9-4-5-11-10(7-9)15(2,3)14(20)16-11/h4-7H,1-3H3,(H,16,20)(H,17,18,19). The Morgan fingerprint density at radius 2 is 2.10 bits per heavy atom. The molecule has 2 aromatic rings. The van der Waals surface area contributed by atoms with Gasteiger partial charge in [0.2, 0.25) is 5.91 Å². The van der Waals surface area contributed by atoms with Gasteiger partial charge in [-0.3, -0.25) is 9.59 Å². The largest absolute Gasteiger partial charge is 0.360 e. The van der Waals surface area contributed by atoms with Crippen LogP contribution in [0, 0.1) is 6.92 Å². The number of aromatic nitrogens is 1. The fourth-order valence-corrected chi connectivity index (χ4v) is 2.33. The van der Waals surface area contributed by atoms with Crippen LogP contribution in [0.3, 0.4) is 0 Å². The van der Waals surface area contributed by atoms with Crippen LogP contribution in [0.2, 0.25) is 0 Å². The van der Waals surface area contributed by atoms with Crippen molar-refractivity contribution in [1.29, 1.82) is 0 Å². The summed E-state index contributed by atoms with van der Waals surface area (Å²) in [5.41, 5.74) is 1.39. The van der Waals surface area contributed by atoms with Crippen molar-refractivity contribution >= 4 is 23.3 Å². The highest BCUT2D eigenvalue weighted by Gasteiger charge is 2.38. The number of benzene rings is 1. The lowest BCUT2D eigenvalue weighted by molar-refractivity contribution is -0.119. The van der Waals surface area contributed by atoms with Gasteiger partial charge in [0.05, 0.1) is 5.41 Å². The summed E-state index contributed by atoms with van der Waals surface area (Å²) in [6, 6.07) is 6.78. The highest BCUT2D eigenvalue weighted by molar-refractivity contribution is 6.08. The Morgan fingerprint density at radius 3 is 2.76 bits per heavy atom. The number of nitrogens with one attached hydrogen (secondary N) is 2. The van der Waals surface area contributed by atoms with Gasteiger partial charge in [-0.2, -0.15) is 0 Å². The zero-order valence-electron chi connectivity index (χ0n) is 12.0. The number of anilines is 2. The summed E-state index contributed by atoms with van der Waals surface area (Å²) in [5, 5.41) is 9.19. The van der Waals surface area contributed by atoms with E-state index in [1.807, 2.05) is 13.8 Å². The molecule has 1 aromatic heterocycles. The fourth-order valence-electron chi connectivity index (χ4n) is 2.33. The summed E-state index contributed by atoms with van der Waals surface area (Å²) >= 11 is 0. The zero-order valence-corrected chi connectivity index (χ0v) is 12.0. The lowest BCUT2D eigenvalue weighted by Gasteiger charge is -2.15. The minimum absolute atomic E-state index is 0.0674. The second-order valence-corrected chi connectivity index (χ2v) is 5.62. The SMILES string of the molecule is Cc1cc(NC(=O)c2ccc3c(c2)C(C)(C)C(=O)N3)no1. The predicted molar refractivity (Wildman–Crippen MR) is 77.3 cm³/mol. The first kappa shape index (κ1) is 13.4. The van der Waals surface area contributed by atoms with Crippen LogP contribution in [0.1, 0.15) is 35.5 Å². The minimum atomic E-state index is -0.643. The topological polar surface area (TPSA) is 84.2 Å². The van der Waals surface area contributed by atoms with E-state index in [2.05, 4.69) is 15.8 Å². The van der Waals surface area contributed by atoms with Crippen LogP contribution in [0.5, 0.6) is 0 Å². The molecule has 1 aliphatic rings. The summed E-state index contributed by atoms with van der Waals surface area (Å²) in [5.74, 6) is 0.630. The number of nitrogens with zero attached hydrogens (tertiary/aromatic N) is 1. The quantitative estimate of drug-likeness (QED) is 0.887. The van der Waals surface area contributed by atoms with E-state index in [4.69, 9.17) is 4.52 Å². The zero-order chi connectivity index (χ0) is 15.2. The summed E-state index contributed by atoms with van der Waals surface area (Å²) in [6.07, 6.45) is 0. The van der Waals surface area contributed by atoms with E-state index in [-0.39, 0.29) is 11.8 Å². The summed E-state index contributed by atoms with van der Waals surface area (Å²) < 4.78 is 4.90. The Bertz CT molecular complexity index is 746. The van der Waals surface area contributed by atoms with Gasteiger partial charge in [-0.15, -0.1) is 0 Å². The van der Waals surface area contributed by atoms with Crippen molar-refractivity contribution in [2.24, 2.45) is 0 Å². The molecule has 2 amide bonds. The average molecular weight is 285 g/mol. The van der Waals surface area contributed by atoms with E-state index in [0.29, 0.717) is 17.1 Å². The predicted octanol–water partition coefficient (Wildman–Crippen LogP) is 2.47. The number of carbonyl (C=O) groups is 2. The van der Waals surface area contributed by atoms with Gasteiger partial charge in [0.1, 0.15) is 5.76 Å². The first-order valence-corrected chi connectivity index (χ1v) is 6.58. The molecule has 0 spiro atoms. The molecule has 108 valence electrons. The average Bonchev–Trinajstić information content (AvgIpc) is 2.92. The lowest BCUT2D eigenvalue weighted by Crippen LogP contribution is -2.27. The Balaban J connectivity index is 1.89. The van der Waals surface area contributed by atoms with E-state index in [0.717, 1.165) is 11.3 Å². The van der Waals surface area contributed by atoms with Gasteiger partial charge >= 0.3 is 0 Å². The molecule has 6 heteroatoms. The number of rotatable bonds is 2. The van der Waals surface area contributed by atoms with Gasteiger partial charge in [-0.25, -0.2) is 0 Å². The molecule has 1 aromatic carbocycles. The third kappa shape index (κ3) is 2.18. The highest BCUT2D eigenvalue weighted by atomic mass is 16.5. The van der Waals surface area contributed by atoms with Gasteiger partial charge in [-0.1, -0.05) is 5.16 Å². The molecule has 21 heavy (non-hydrogen) atoms. The van der Waals surface area contributed by atoms with Crippen molar-refractivity contribution in [2.75, 3.05) is 10.6 Å². The maximum atomic E-state index is 12.2. The number of amides is 2. The molecule has 1 aliphatic heterocycles. The van der Waals surface area contributed by atoms with Gasteiger partial charge in [0.25, 0.3) is 5.91 Å². The second-order valence-electron chi connectivity index (χ2n) is 5.62. The Hall–Kier alpha value is -2.63. The Morgan fingerprint density at radius 1 is 1.33 bits per heavy atom. The van der Waals surface area contributed by atoms with Crippen molar-refractivity contribution < 1.29 is 14.1 Å².